The predicted octanol–water partition coefficient (Wildman–Crippen LogP) is 3.66. The molecule has 4 heteroatoms. The third-order valence-corrected chi connectivity index (χ3v) is 7.97. The minimum atomic E-state index is -0.346. The van der Waals surface area contributed by atoms with Gasteiger partial charge in [0.15, 0.2) is 5.76 Å². The second-order valence-electron chi connectivity index (χ2n) is 9.56. The van der Waals surface area contributed by atoms with Gasteiger partial charge in [0.05, 0.1) is 5.70 Å². The fourth-order valence-corrected chi connectivity index (χ4v) is 6.33. The van der Waals surface area contributed by atoms with E-state index in [1.54, 1.807) is 0 Å². The van der Waals surface area contributed by atoms with Crippen LogP contribution < -0.4 is 5.73 Å². The van der Waals surface area contributed by atoms with Gasteiger partial charge in [0, 0.05) is 23.0 Å². The first kappa shape index (κ1) is 16.9. The number of Topliss-reactive ketones (excluding diaryl/α,β-unsaturated/α-hetero) is 1. The van der Waals surface area contributed by atoms with E-state index >= 15 is 0 Å². The molecule has 4 unspecified atom stereocenters. The molecule has 0 saturated heterocycles. The van der Waals surface area contributed by atoms with Crippen molar-refractivity contribution in [3.05, 3.63) is 23.1 Å². The Labute approximate surface area is 149 Å². The Kier molecular flexibility index (Phi) is 3.36. The van der Waals surface area contributed by atoms with E-state index < -0.39 is 0 Å². The maximum atomic E-state index is 12.6. The number of ether oxygens (including phenoxy) is 1. The highest BCUT2D eigenvalue weighted by Crippen LogP contribution is 2.67. The Balaban J connectivity index is 1.89. The van der Waals surface area contributed by atoms with Crippen LogP contribution in [0.5, 0.6) is 0 Å². The summed E-state index contributed by atoms with van der Waals surface area (Å²) in [5, 5.41) is 0. The van der Waals surface area contributed by atoms with E-state index in [-0.39, 0.29) is 39.5 Å². The molecule has 0 aromatic carbocycles. The van der Waals surface area contributed by atoms with E-state index in [0.29, 0.717) is 23.8 Å². The SMILES string of the molecule is CC1CCC2C(C)(C)CCCC23OC2=C(CC13C)C(=O)C(N)=CC2=O. The molecule has 0 aromatic rings. The minimum absolute atomic E-state index is 0.0517. The van der Waals surface area contributed by atoms with Gasteiger partial charge in [0.2, 0.25) is 11.6 Å². The maximum Gasteiger partial charge on any atom is 0.223 e. The maximum absolute atomic E-state index is 12.6. The Morgan fingerprint density at radius 1 is 1.16 bits per heavy atom. The van der Waals surface area contributed by atoms with Crippen LogP contribution in [0.25, 0.3) is 0 Å². The quantitative estimate of drug-likeness (QED) is 0.682. The van der Waals surface area contributed by atoms with Crippen molar-refractivity contribution in [2.24, 2.45) is 28.4 Å². The molecule has 0 radical (unpaired) electrons. The lowest BCUT2D eigenvalue weighted by atomic mass is 9.44. The summed E-state index contributed by atoms with van der Waals surface area (Å²) < 4.78 is 6.64. The Hall–Kier alpha value is -1.58. The summed E-state index contributed by atoms with van der Waals surface area (Å²) in [6, 6.07) is 0. The van der Waals surface area contributed by atoms with Crippen LogP contribution in [0.4, 0.5) is 0 Å². The van der Waals surface area contributed by atoms with Crippen LogP contribution in [-0.2, 0) is 14.3 Å². The number of rotatable bonds is 0. The van der Waals surface area contributed by atoms with Crippen LogP contribution in [0.15, 0.2) is 23.1 Å². The number of carbonyl (C=O) groups is 2. The van der Waals surface area contributed by atoms with Gasteiger partial charge in [0.1, 0.15) is 5.60 Å². The fraction of sp³-hybridized carbons (Fsp3) is 0.714. The predicted molar refractivity (Wildman–Crippen MR) is 95.4 cm³/mol. The number of hydrogen-bond acceptors (Lipinski definition) is 4. The van der Waals surface area contributed by atoms with Crippen molar-refractivity contribution in [1.82, 2.24) is 0 Å². The van der Waals surface area contributed by atoms with Crippen molar-refractivity contribution in [2.45, 2.75) is 71.8 Å². The highest BCUT2D eigenvalue weighted by atomic mass is 16.5. The number of hydrogen-bond donors (Lipinski definition) is 1. The van der Waals surface area contributed by atoms with Gasteiger partial charge >= 0.3 is 0 Å². The van der Waals surface area contributed by atoms with Crippen LogP contribution in [0, 0.1) is 22.7 Å². The third-order valence-electron chi connectivity index (χ3n) is 7.97. The van der Waals surface area contributed by atoms with Gasteiger partial charge in [0.25, 0.3) is 0 Å². The first-order chi connectivity index (χ1) is 11.6. The molecule has 4 atom stereocenters. The van der Waals surface area contributed by atoms with Gasteiger partial charge in [-0.2, -0.15) is 0 Å². The van der Waals surface area contributed by atoms with Crippen LogP contribution in [0.1, 0.15) is 66.2 Å². The first-order valence-electron chi connectivity index (χ1n) is 9.61. The minimum Gasteiger partial charge on any atom is -0.482 e. The summed E-state index contributed by atoms with van der Waals surface area (Å²) in [5.74, 6) is 0.698. The number of carbonyl (C=O) groups excluding carboxylic acids is 2. The van der Waals surface area contributed by atoms with Crippen molar-refractivity contribution >= 4 is 11.6 Å². The van der Waals surface area contributed by atoms with Crippen molar-refractivity contribution in [3.63, 3.8) is 0 Å². The normalized spacial score (nSPS) is 42.8. The lowest BCUT2D eigenvalue weighted by Gasteiger charge is -2.66. The van der Waals surface area contributed by atoms with E-state index in [1.807, 2.05) is 0 Å². The Bertz CT molecular complexity index is 731. The second-order valence-corrected chi connectivity index (χ2v) is 9.56. The molecule has 2 saturated carbocycles. The summed E-state index contributed by atoms with van der Waals surface area (Å²) >= 11 is 0. The summed E-state index contributed by atoms with van der Waals surface area (Å²) in [4.78, 5) is 25.2. The Morgan fingerprint density at radius 3 is 2.60 bits per heavy atom. The van der Waals surface area contributed by atoms with Crippen molar-refractivity contribution in [2.75, 3.05) is 0 Å². The highest BCUT2D eigenvalue weighted by molar-refractivity contribution is 6.21. The molecular weight excluding hydrogens is 314 g/mol. The zero-order valence-electron chi connectivity index (χ0n) is 15.8. The second kappa shape index (κ2) is 4.99. The molecular formula is C21H29NO3. The number of allylic oxidation sites excluding steroid dienone is 2. The average molecular weight is 343 g/mol. The van der Waals surface area contributed by atoms with E-state index in [1.165, 1.54) is 12.5 Å². The van der Waals surface area contributed by atoms with Crippen LogP contribution in [-0.4, -0.2) is 17.2 Å². The van der Waals surface area contributed by atoms with E-state index in [2.05, 4.69) is 27.7 Å². The molecule has 0 bridgehead atoms. The molecule has 4 aliphatic rings. The van der Waals surface area contributed by atoms with Crippen molar-refractivity contribution < 1.29 is 14.3 Å². The monoisotopic (exact) mass is 343 g/mol. The smallest absolute Gasteiger partial charge is 0.223 e. The standard InChI is InChI=1S/C21H29NO3/c1-12-6-7-16-19(2,3)8-5-9-21(16)20(12,4)11-13-17(24)14(22)10-15(23)18(13)25-21/h10,12,16H,5-9,11,22H2,1-4H3. The molecule has 1 heterocycles. The topological polar surface area (TPSA) is 69.4 Å². The Morgan fingerprint density at radius 2 is 1.88 bits per heavy atom. The molecule has 136 valence electrons. The number of nitrogens with two attached hydrogens (primary N) is 1. The van der Waals surface area contributed by atoms with Gasteiger partial charge in [-0.1, -0.05) is 27.7 Å². The summed E-state index contributed by atoms with van der Waals surface area (Å²) in [6.45, 7) is 9.24. The molecule has 4 rings (SSSR count). The zero-order chi connectivity index (χ0) is 18.2. The summed E-state index contributed by atoms with van der Waals surface area (Å²) in [5.41, 5.74) is 6.06. The molecule has 4 nitrogen and oxygen atoms in total. The fourth-order valence-electron chi connectivity index (χ4n) is 6.33. The van der Waals surface area contributed by atoms with Gasteiger partial charge in [-0.15, -0.1) is 0 Å². The molecule has 1 aliphatic heterocycles. The van der Waals surface area contributed by atoms with Crippen LogP contribution >= 0.6 is 0 Å². The van der Waals surface area contributed by atoms with Gasteiger partial charge in [-0.05, 0) is 49.9 Å². The molecule has 0 aromatic heterocycles. The molecule has 0 amide bonds. The molecule has 25 heavy (non-hydrogen) atoms. The molecule has 2 N–H and O–H groups in total. The average Bonchev–Trinajstić information content (AvgIpc) is 2.52. The third kappa shape index (κ3) is 2.00. The molecule has 3 aliphatic carbocycles. The van der Waals surface area contributed by atoms with Gasteiger partial charge in [-0.3, -0.25) is 9.59 Å². The van der Waals surface area contributed by atoms with E-state index in [4.69, 9.17) is 10.5 Å². The van der Waals surface area contributed by atoms with Crippen LogP contribution in [0.3, 0.4) is 0 Å². The van der Waals surface area contributed by atoms with E-state index in [9.17, 15) is 9.59 Å². The largest absolute Gasteiger partial charge is 0.482 e. The number of ketones is 2. The van der Waals surface area contributed by atoms with E-state index in [0.717, 1.165) is 25.7 Å². The highest BCUT2D eigenvalue weighted by Gasteiger charge is 2.66. The van der Waals surface area contributed by atoms with Gasteiger partial charge in [-0.25, -0.2) is 0 Å². The summed E-state index contributed by atoms with van der Waals surface area (Å²) in [6.07, 6.45) is 7.40. The zero-order valence-corrected chi connectivity index (χ0v) is 15.8. The van der Waals surface area contributed by atoms with Crippen molar-refractivity contribution in [1.29, 1.82) is 0 Å². The lowest BCUT2D eigenvalue weighted by molar-refractivity contribution is -0.237. The first-order valence-corrected chi connectivity index (χ1v) is 9.61. The van der Waals surface area contributed by atoms with Crippen molar-refractivity contribution in [3.8, 4) is 0 Å². The lowest BCUT2D eigenvalue weighted by Crippen LogP contribution is -2.66. The molecule has 2 fully saturated rings. The van der Waals surface area contributed by atoms with Crippen LogP contribution in [0.2, 0.25) is 0 Å². The molecule has 1 spiro atoms. The van der Waals surface area contributed by atoms with Gasteiger partial charge < -0.3 is 10.5 Å². The summed E-state index contributed by atoms with van der Waals surface area (Å²) in [7, 11) is 0.